The van der Waals surface area contributed by atoms with Gasteiger partial charge in [0.2, 0.25) is 0 Å². The minimum Gasteiger partial charge on any atom is -0.486 e. The van der Waals surface area contributed by atoms with Gasteiger partial charge in [0.25, 0.3) is 10.1 Å². The molecule has 0 aromatic heterocycles. The molecule has 1 aliphatic carbocycles. The highest BCUT2D eigenvalue weighted by Crippen LogP contribution is 2.44. The molecule has 1 aliphatic rings. The summed E-state index contributed by atoms with van der Waals surface area (Å²) in [5, 5.41) is 0. The van der Waals surface area contributed by atoms with Crippen LogP contribution in [-0.2, 0) is 16.3 Å². The molecule has 0 unspecified atom stereocenters. The van der Waals surface area contributed by atoms with Gasteiger partial charge in [-0.05, 0) is 85.9 Å². The first kappa shape index (κ1) is 28.0. The molecule has 0 amide bonds. The van der Waals surface area contributed by atoms with Crippen LogP contribution in [0.15, 0.2) is 35.2 Å². The van der Waals surface area contributed by atoms with Gasteiger partial charge in [0.05, 0.1) is 16.0 Å². The quantitative estimate of drug-likeness (QED) is 0.238. The summed E-state index contributed by atoms with van der Waals surface area (Å²) in [6.07, 6.45) is -1.75. The predicted octanol–water partition coefficient (Wildman–Crippen LogP) is 6.95. The number of esters is 1. The second-order valence-corrected chi connectivity index (χ2v) is 11.3. The van der Waals surface area contributed by atoms with Crippen LogP contribution in [0.1, 0.15) is 86.3 Å². The maximum absolute atomic E-state index is 13.8. The van der Waals surface area contributed by atoms with Crippen LogP contribution in [0.3, 0.4) is 0 Å². The third-order valence-electron chi connectivity index (χ3n) is 6.75. The fraction of sp³-hybridized carbons (Fsp3) is 0.500. The summed E-state index contributed by atoms with van der Waals surface area (Å²) in [5.74, 6) is -1.67. The summed E-state index contributed by atoms with van der Waals surface area (Å²) in [7, 11) is -4.51. The van der Waals surface area contributed by atoms with Crippen LogP contribution in [0.2, 0.25) is 0 Å². The lowest BCUT2D eigenvalue weighted by atomic mass is 9.88. The molecule has 36 heavy (non-hydrogen) atoms. The van der Waals surface area contributed by atoms with E-state index in [4.69, 9.17) is 9.47 Å². The van der Waals surface area contributed by atoms with Crippen LogP contribution in [0, 0.1) is 12.8 Å². The molecule has 0 aliphatic heterocycles. The SMILES string of the molecule is Cc1cc(S(=O)(=O)O)c(C(C)C)cc1OC(=O)c1ccc(C(F)(F)F)c(OC2(C(C)C)CCCC2)c1. The molecule has 198 valence electrons. The molecule has 6 nitrogen and oxygen atoms in total. The van der Waals surface area contributed by atoms with E-state index in [-0.39, 0.29) is 39.2 Å². The first-order valence-corrected chi connectivity index (χ1v) is 13.2. The average molecular weight is 529 g/mol. The number of halogens is 3. The van der Waals surface area contributed by atoms with Crippen molar-refractivity contribution in [2.45, 2.75) is 82.9 Å². The Bertz CT molecular complexity index is 1240. The smallest absolute Gasteiger partial charge is 0.419 e. The lowest BCUT2D eigenvalue weighted by Gasteiger charge is -2.35. The van der Waals surface area contributed by atoms with Crippen molar-refractivity contribution in [1.82, 2.24) is 0 Å². The van der Waals surface area contributed by atoms with Crippen LogP contribution in [0.5, 0.6) is 11.5 Å². The van der Waals surface area contributed by atoms with Crippen molar-refractivity contribution in [3.63, 3.8) is 0 Å². The monoisotopic (exact) mass is 528 g/mol. The van der Waals surface area contributed by atoms with Gasteiger partial charge in [0.1, 0.15) is 17.1 Å². The first-order valence-electron chi connectivity index (χ1n) is 11.8. The Kier molecular flexibility index (Phi) is 7.81. The van der Waals surface area contributed by atoms with Gasteiger partial charge in [0, 0.05) is 0 Å². The van der Waals surface area contributed by atoms with Gasteiger partial charge >= 0.3 is 12.1 Å². The van der Waals surface area contributed by atoms with Crippen molar-refractivity contribution >= 4 is 16.1 Å². The molecule has 2 aromatic rings. The number of aryl methyl sites for hydroxylation is 1. The fourth-order valence-electron chi connectivity index (χ4n) is 4.58. The Hall–Kier alpha value is -2.59. The average Bonchev–Trinajstić information content (AvgIpc) is 3.23. The van der Waals surface area contributed by atoms with Crippen molar-refractivity contribution < 1.29 is 40.4 Å². The van der Waals surface area contributed by atoms with E-state index in [0.29, 0.717) is 12.8 Å². The molecule has 1 fully saturated rings. The topological polar surface area (TPSA) is 89.9 Å². The highest BCUT2D eigenvalue weighted by Gasteiger charge is 2.42. The number of rotatable bonds is 7. The first-order chi connectivity index (χ1) is 16.5. The van der Waals surface area contributed by atoms with Crippen LogP contribution < -0.4 is 9.47 Å². The fourth-order valence-corrected chi connectivity index (χ4v) is 5.50. The molecule has 0 saturated heterocycles. The van der Waals surface area contributed by atoms with Crippen molar-refractivity contribution in [2.24, 2.45) is 5.92 Å². The predicted molar refractivity (Wildman–Crippen MR) is 128 cm³/mol. The number of carbonyl (C=O) groups is 1. The molecule has 1 N–H and O–H groups in total. The van der Waals surface area contributed by atoms with Gasteiger partial charge in [-0.1, -0.05) is 27.7 Å². The van der Waals surface area contributed by atoms with Crippen LogP contribution in [0.25, 0.3) is 0 Å². The largest absolute Gasteiger partial charge is 0.486 e. The number of hydrogen-bond donors (Lipinski definition) is 1. The normalized spacial score (nSPS) is 16.0. The zero-order valence-electron chi connectivity index (χ0n) is 20.9. The number of hydrogen-bond acceptors (Lipinski definition) is 5. The van der Waals surface area contributed by atoms with E-state index in [1.165, 1.54) is 19.1 Å². The molecule has 0 bridgehead atoms. The molecule has 0 radical (unpaired) electrons. The summed E-state index contributed by atoms with van der Waals surface area (Å²) < 4.78 is 85.9. The highest BCUT2D eigenvalue weighted by atomic mass is 32.2. The van der Waals surface area contributed by atoms with Gasteiger partial charge < -0.3 is 9.47 Å². The van der Waals surface area contributed by atoms with Gasteiger partial charge in [-0.2, -0.15) is 21.6 Å². The zero-order chi connectivity index (χ0) is 27.1. The maximum Gasteiger partial charge on any atom is 0.419 e. The van der Waals surface area contributed by atoms with E-state index >= 15 is 0 Å². The summed E-state index contributed by atoms with van der Waals surface area (Å²) in [4.78, 5) is 12.7. The molecule has 2 aromatic carbocycles. The van der Waals surface area contributed by atoms with Gasteiger partial charge in [-0.15, -0.1) is 0 Å². The molecule has 10 heteroatoms. The molecule has 1 saturated carbocycles. The van der Waals surface area contributed by atoms with E-state index in [2.05, 4.69) is 0 Å². The van der Waals surface area contributed by atoms with Crippen molar-refractivity contribution in [1.29, 1.82) is 0 Å². The molecule has 0 spiro atoms. The summed E-state index contributed by atoms with van der Waals surface area (Å²) in [6, 6.07) is 5.43. The second-order valence-electron chi connectivity index (χ2n) is 9.91. The number of benzene rings is 2. The Balaban J connectivity index is 2.01. The summed E-state index contributed by atoms with van der Waals surface area (Å²) >= 11 is 0. The Morgan fingerprint density at radius 3 is 2.14 bits per heavy atom. The lowest BCUT2D eigenvalue weighted by molar-refractivity contribution is -0.140. The number of ether oxygens (including phenoxy) is 2. The van der Waals surface area contributed by atoms with Crippen molar-refractivity contribution in [3.8, 4) is 11.5 Å². The number of carbonyl (C=O) groups excluding carboxylic acids is 1. The number of alkyl halides is 3. The van der Waals surface area contributed by atoms with E-state index < -0.39 is 39.2 Å². The van der Waals surface area contributed by atoms with E-state index in [1.54, 1.807) is 13.8 Å². The molecular formula is C26H31F3O6S. The third kappa shape index (κ3) is 5.86. The van der Waals surface area contributed by atoms with E-state index in [1.807, 2.05) is 13.8 Å². The molecule has 3 rings (SSSR count). The lowest BCUT2D eigenvalue weighted by Crippen LogP contribution is -2.39. The summed E-state index contributed by atoms with van der Waals surface area (Å²) in [5.41, 5.74) is -1.37. The molecular weight excluding hydrogens is 497 g/mol. The molecule has 0 atom stereocenters. The standard InChI is InChI=1S/C26H31F3O6S/c1-15(2)19-14-21(17(5)12-23(19)36(31,32)33)34-24(30)18-8-9-20(26(27,28)29)22(13-18)35-25(16(3)4)10-6-7-11-25/h8-9,12-16H,6-7,10-11H2,1-5H3,(H,31,32,33). The Labute approximate surface area is 209 Å². The van der Waals surface area contributed by atoms with Gasteiger partial charge in [-0.3, -0.25) is 4.55 Å². The Morgan fingerprint density at radius 1 is 1.03 bits per heavy atom. The minimum atomic E-state index is -4.68. The maximum atomic E-state index is 13.8. The van der Waals surface area contributed by atoms with Gasteiger partial charge in [-0.25, -0.2) is 4.79 Å². The van der Waals surface area contributed by atoms with Gasteiger partial charge in [0.15, 0.2) is 0 Å². The van der Waals surface area contributed by atoms with Crippen LogP contribution >= 0.6 is 0 Å². The second kappa shape index (κ2) is 10.0. The van der Waals surface area contributed by atoms with Crippen LogP contribution in [-0.4, -0.2) is 24.5 Å². The van der Waals surface area contributed by atoms with E-state index in [9.17, 15) is 30.9 Å². The minimum absolute atomic E-state index is 0.0323. The van der Waals surface area contributed by atoms with Crippen LogP contribution in [0.4, 0.5) is 13.2 Å². The van der Waals surface area contributed by atoms with Crippen molar-refractivity contribution in [3.05, 3.63) is 52.6 Å². The third-order valence-corrected chi connectivity index (χ3v) is 7.66. The Morgan fingerprint density at radius 2 is 1.64 bits per heavy atom. The summed E-state index contributed by atoms with van der Waals surface area (Å²) in [6.45, 7) is 8.72. The zero-order valence-corrected chi connectivity index (χ0v) is 21.7. The van der Waals surface area contributed by atoms with Crippen molar-refractivity contribution in [2.75, 3.05) is 0 Å². The van der Waals surface area contributed by atoms with E-state index in [0.717, 1.165) is 31.0 Å². The highest BCUT2D eigenvalue weighted by molar-refractivity contribution is 7.85. The molecule has 0 heterocycles.